The Labute approximate surface area is 95.2 Å². The molecule has 90 valence electrons. The van der Waals surface area contributed by atoms with Crippen LogP contribution in [0, 0.1) is 0 Å². The molecule has 0 bridgehead atoms. The smallest absolute Gasteiger partial charge is 0.241 e. The molecular weight excluding hydrogens is 206 g/mol. The van der Waals surface area contributed by atoms with Crippen LogP contribution >= 0.6 is 0 Å². The van der Waals surface area contributed by atoms with E-state index < -0.39 is 0 Å². The molecule has 0 radical (unpaired) electrons. The molecule has 3 N–H and O–H groups in total. The predicted molar refractivity (Wildman–Crippen MR) is 60.5 cm³/mol. The molecule has 0 saturated carbocycles. The number of hydrogen-bond donors (Lipinski definition) is 2. The number of rotatable bonds is 6. The molecule has 0 atom stereocenters. The van der Waals surface area contributed by atoms with Gasteiger partial charge in [-0.1, -0.05) is 19.1 Å². The lowest BCUT2D eigenvalue weighted by molar-refractivity contribution is -0.122. The number of carbonyl (C=O) groups excluding carboxylic acids is 1. The highest BCUT2D eigenvalue weighted by atomic mass is 16.2. The molecule has 0 spiro atoms. The number of aromatic nitrogens is 3. The van der Waals surface area contributed by atoms with Gasteiger partial charge in [0.2, 0.25) is 5.91 Å². The molecule has 1 aromatic heterocycles. The predicted octanol–water partition coefficient (Wildman–Crippen LogP) is -0.0882. The normalized spacial score (nSPS) is 11.4. The summed E-state index contributed by atoms with van der Waals surface area (Å²) in [5.74, 6) is -0.0952. The van der Waals surface area contributed by atoms with Gasteiger partial charge in [-0.05, 0) is 12.8 Å². The summed E-state index contributed by atoms with van der Waals surface area (Å²) < 4.78 is 1.48. The summed E-state index contributed by atoms with van der Waals surface area (Å²) in [6, 6.07) is 0. The number of hydrogen-bond acceptors (Lipinski definition) is 4. The minimum Gasteiger partial charge on any atom is -0.353 e. The molecule has 6 nitrogen and oxygen atoms in total. The molecule has 0 aromatic carbocycles. The third-order valence-corrected chi connectivity index (χ3v) is 2.82. The monoisotopic (exact) mass is 225 g/mol. The lowest BCUT2D eigenvalue weighted by Gasteiger charge is -2.26. The van der Waals surface area contributed by atoms with Crippen LogP contribution < -0.4 is 11.1 Å². The zero-order valence-corrected chi connectivity index (χ0v) is 9.81. The van der Waals surface area contributed by atoms with Crippen molar-refractivity contribution >= 4 is 5.91 Å². The van der Waals surface area contributed by atoms with Crippen molar-refractivity contribution in [3.05, 3.63) is 12.4 Å². The van der Waals surface area contributed by atoms with Crippen molar-refractivity contribution in [2.45, 2.75) is 38.8 Å². The van der Waals surface area contributed by atoms with Gasteiger partial charge < -0.3 is 11.1 Å². The van der Waals surface area contributed by atoms with Crippen molar-refractivity contribution in [1.29, 1.82) is 0 Å². The van der Waals surface area contributed by atoms with E-state index in [0.29, 0.717) is 6.54 Å². The Bertz CT molecular complexity index is 318. The summed E-state index contributed by atoms with van der Waals surface area (Å²) in [6.07, 6.45) is 4.87. The van der Waals surface area contributed by atoms with Crippen molar-refractivity contribution in [2.24, 2.45) is 5.73 Å². The van der Waals surface area contributed by atoms with Crippen LogP contribution in [-0.4, -0.2) is 33.0 Å². The van der Waals surface area contributed by atoms with Gasteiger partial charge in [0.1, 0.15) is 6.54 Å². The third kappa shape index (κ3) is 3.62. The Morgan fingerprint density at radius 2 is 2.19 bits per heavy atom. The minimum atomic E-state index is -0.308. The Balaban J connectivity index is 2.35. The highest BCUT2D eigenvalue weighted by molar-refractivity contribution is 5.75. The van der Waals surface area contributed by atoms with Crippen LogP contribution in [0.25, 0.3) is 0 Å². The fourth-order valence-corrected chi connectivity index (χ4v) is 1.29. The van der Waals surface area contributed by atoms with E-state index in [1.54, 1.807) is 12.4 Å². The molecule has 16 heavy (non-hydrogen) atoms. The Kier molecular flexibility index (Phi) is 4.42. The van der Waals surface area contributed by atoms with E-state index in [1.165, 1.54) is 4.68 Å². The molecular formula is C10H19N5O. The molecule has 0 saturated heterocycles. The van der Waals surface area contributed by atoms with Gasteiger partial charge in [0, 0.05) is 18.3 Å². The van der Waals surface area contributed by atoms with Crippen LogP contribution in [0.15, 0.2) is 12.4 Å². The molecule has 1 rings (SSSR count). The summed E-state index contributed by atoms with van der Waals surface area (Å²) in [5.41, 5.74) is 5.76. The number of nitrogens with two attached hydrogens (primary N) is 1. The molecule has 1 heterocycles. The van der Waals surface area contributed by atoms with Crippen molar-refractivity contribution in [3.8, 4) is 0 Å². The second-order valence-electron chi connectivity index (χ2n) is 3.95. The van der Waals surface area contributed by atoms with Crippen LogP contribution in [0.1, 0.15) is 26.7 Å². The lowest BCUT2D eigenvalue weighted by atomic mass is 9.94. The highest BCUT2D eigenvalue weighted by Gasteiger charge is 2.20. The average molecular weight is 225 g/mol. The first kappa shape index (κ1) is 12.6. The standard InChI is InChI=1S/C10H19N5O/c1-3-10(11,4-2)8-12-9(16)7-15-6-5-13-14-15/h5-6H,3-4,7-8,11H2,1-2H3,(H,12,16). The maximum atomic E-state index is 11.5. The molecule has 0 fully saturated rings. The van der Waals surface area contributed by atoms with Crippen molar-refractivity contribution < 1.29 is 4.79 Å². The van der Waals surface area contributed by atoms with Crippen LogP contribution in [0.2, 0.25) is 0 Å². The fraction of sp³-hybridized carbons (Fsp3) is 0.700. The van der Waals surface area contributed by atoms with Gasteiger partial charge in [-0.2, -0.15) is 0 Å². The van der Waals surface area contributed by atoms with Crippen LogP contribution in [0.3, 0.4) is 0 Å². The summed E-state index contributed by atoms with van der Waals surface area (Å²) in [5, 5.41) is 10.2. The van der Waals surface area contributed by atoms with Gasteiger partial charge in [-0.15, -0.1) is 5.10 Å². The van der Waals surface area contributed by atoms with E-state index in [2.05, 4.69) is 15.6 Å². The Hall–Kier alpha value is -1.43. The molecule has 0 unspecified atom stereocenters. The zero-order valence-electron chi connectivity index (χ0n) is 9.81. The second kappa shape index (κ2) is 5.60. The molecule has 0 aliphatic rings. The summed E-state index contributed by atoms with van der Waals surface area (Å²) in [6.45, 7) is 4.72. The summed E-state index contributed by atoms with van der Waals surface area (Å²) in [7, 11) is 0. The number of carbonyl (C=O) groups is 1. The second-order valence-corrected chi connectivity index (χ2v) is 3.95. The summed E-state index contributed by atoms with van der Waals surface area (Å²) in [4.78, 5) is 11.5. The van der Waals surface area contributed by atoms with Crippen molar-refractivity contribution in [1.82, 2.24) is 20.3 Å². The van der Waals surface area contributed by atoms with Crippen LogP contribution in [-0.2, 0) is 11.3 Å². The highest BCUT2D eigenvalue weighted by Crippen LogP contribution is 2.09. The Morgan fingerprint density at radius 3 is 2.69 bits per heavy atom. The van der Waals surface area contributed by atoms with Crippen LogP contribution in [0.4, 0.5) is 0 Å². The first-order chi connectivity index (χ1) is 7.59. The SMILES string of the molecule is CCC(N)(CC)CNC(=O)Cn1ccnn1. The molecule has 1 aromatic rings. The van der Waals surface area contributed by atoms with E-state index in [-0.39, 0.29) is 18.0 Å². The molecule has 1 amide bonds. The molecule has 0 aliphatic carbocycles. The first-order valence-electron chi connectivity index (χ1n) is 5.49. The third-order valence-electron chi connectivity index (χ3n) is 2.82. The Morgan fingerprint density at radius 1 is 1.50 bits per heavy atom. The van der Waals surface area contributed by atoms with Crippen molar-refractivity contribution in [2.75, 3.05) is 6.54 Å². The fourth-order valence-electron chi connectivity index (χ4n) is 1.29. The maximum Gasteiger partial charge on any atom is 0.241 e. The first-order valence-corrected chi connectivity index (χ1v) is 5.49. The maximum absolute atomic E-state index is 11.5. The number of nitrogens with one attached hydrogen (secondary N) is 1. The molecule has 6 heteroatoms. The summed E-state index contributed by atoms with van der Waals surface area (Å²) >= 11 is 0. The van der Waals surface area contributed by atoms with Gasteiger partial charge in [-0.3, -0.25) is 4.79 Å². The van der Waals surface area contributed by atoms with E-state index in [9.17, 15) is 4.79 Å². The quantitative estimate of drug-likeness (QED) is 0.708. The zero-order chi connectivity index (χ0) is 12.0. The van der Waals surface area contributed by atoms with E-state index in [4.69, 9.17) is 5.73 Å². The topological polar surface area (TPSA) is 85.8 Å². The lowest BCUT2D eigenvalue weighted by Crippen LogP contribution is -2.49. The minimum absolute atomic E-state index is 0.0952. The van der Waals surface area contributed by atoms with E-state index in [0.717, 1.165) is 12.8 Å². The number of nitrogens with zero attached hydrogens (tertiary/aromatic N) is 3. The largest absolute Gasteiger partial charge is 0.353 e. The van der Waals surface area contributed by atoms with Gasteiger partial charge in [0.25, 0.3) is 0 Å². The van der Waals surface area contributed by atoms with Gasteiger partial charge >= 0.3 is 0 Å². The van der Waals surface area contributed by atoms with Gasteiger partial charge in [-0.25, -0.2) is 4.68 Å². The van der Waals surface area contributed by atoms with E-state index in [1.807, 2.05) is 13.8 Å². The van der Waals surface area contributed by atoms with Gasteiger partial charge in [0.15, 0.2) is 0 Å². The van der Waals surface area contributed by atoms with Crippen LogP contribution in [0.5, 0.6) is 0 Å². The van der Waals surface area contributed by atoms with Crippen molar-refractivity contribution in [3.63, 3.8) is 0 Å². The number of amides is 1. The average Bonchev–Trinajstić information content (AvgIpc) is 2.79. The molecule has 0 aliphatic heterocycles. The van der Waals surface area contributed by atoms with E-state index >= 15 is 0 Å². The van der Waals surface area contributed by atoms with Gasteiger partial charge in [0.05, 0.1) is 6.20 Å².